The van der Waals surface area contributed by atoms with Gasteiger partial charge in [0.15, 0.2) is 11.5 Å². The molecule has 0 fully saturated rings. The maximum Gasteiger partial charge on any atom is 0.315 e. The summed E-state index contributed by atoms with van der Waals surface area (Å²) < 4.78 is 16.4. The van der Waals surface area contributed by atoms with Crippen molar-refractivity contribution in [3.63, 3.8) is 0 Å². The molecule has 0 saturated heterocycles. The highest BCUT2D eigenvalue weighted by Crippen LogP contribution is 2.30. The van der Waals surface area contributed by atoms with Gasteiger partial charge in [0.2, 0.25) is 5.89 Å². The maximum absolute atomic E-state index is 5.56. The van der Waals surface area contributed by atoms with Crippen molar-refractivity contribution >= 4 is 6.01 Å². The number of nitrogens with two attached hydrogens (primary N) is 1. The van der Waals surface area contributed by atoms with E-state index in [-0.39, 0.29) is 0 Å². The smallest absolute Gasteiger partial charge is 0.315 e. The van der Waals surface area contributed by atoms with Crippen LogP contribution in [0.4, 0.5) is 6.01 Å². The highest BCUT2D eigenvalue weighted by Gasteiger charge is 2.11. The van der Waals surface area contributed by atoms with E-state index in [1.165, 1.54) is 0 Å². The lowest BCUT2D eigenvalue weighted by Crippen LogP contribution is -2.15. The predicted molar refractivity (Wildman–Crippen MR) is 76.7 cm³/mol. The lowest BCUT2D eigenvalue weighted by atomic mass is 10.1. The Morgan fingerprint density at radius 3 is 2.81 bits per heavy atom. The average Bonchev–Trinajstić information content (AvgIpc) is 2.95. The van der Waals surface area contributed by atoms with Crippen LogP contribution >= 0.6 is 0 Å². The number of nitrogens with one attached hydrogen (secondary N) is 1. The number of ether oxygens (including phenoxy) is 2. The van der Waals surface area contributed by atoms with Crippen LogP contribution in [0, 0.1) is 0 Å². The Labute approximate surface area is 122 Å². The molecule has 3 N–H and O–H groups in total. The first kappa shape index (κ1) is 13.7. The summed E-state index contributed by atoms with van der Waals surface area (Å²) in [6.45, 7) is 2.40. The largest absolute Gasteiger partial charge is 0.486 e. The molecule has 0 saturated carbocycles. The van der Waals surface area contributed by atoms with Gasteiger partial charge in [-0.1, -0.05) is 11.2 Å². The molecule has 0 aliphatic carbocycles. The zero-order chi connectivity index (χ0) is 14.5. The van der Waals surface area contributed by atoms with Gasteiger partial charge in [-0.25, -0.2) is 0 Å². The second-order valence-electron chi connectivity index (χ2n) is 4.69. The quantitative estimate of drug-likeness (QED) is 0.819. The molecule has 2 aromatic rings. The van der Waals surface area contributed by atoms with Gasteiger partial charge in [-0.15, -0.1) is 5.10 Å². The third-order valence-corrected chi connectivity index (χ3v) is 3.12. The van der Waals surface area contributed by atoms with E-state index in [0.29, 0.717) is 44.6 Å². The van der Waals surface area contributed by atoms with E-state index in [2.05, 4.69) is 15.5 Å². The van der Waals surface area contributed by atoms with Crippen LogP contribution in [0.25, 0.3) is 0 Å². The Kier molecular flexibility index (Phi) is 4.20. The molecule has 0 unspecified atom stereocenters. The highest BCUT2D eigenvalue weighted by atomic mass is 16.6. The van der Waals surface area contributed by atoms with E-state index in [0.717, 1.165) is 23.5 Å². The molecule has 0 atom stereocenters. The molecule has 1 aliphatic heterocycles. The number of aromatic nitrogens is 2. The van der Waals surface area contributed by atoms with Gasteiger partial charge in [0.1, 0.15) is 13.2 Å². The van der Waals surface area contributed by atoms with Crippen LogP contribution in [-0.4, -0.2) is 36.5 Å². The topological polar surface area (TPSA) is 95.4 Å². The van der Waals surface area contributed by atoms with Crippen molar-refractivity contribution in [2.24, 2.45) is 5.73 Å². The van der Waals surface area contributed by atoms with E-state index in [1.807, 2.05) is 18.2 Å². The zero-order valence-electron chi connectivity index (χ0n) is 11.7. The number of nitrogens with zero attached hydrogens (tertiary/aromatic N) is 2. The molecule has 7 heteroatoms. The molecule has 0 bridgehead atoms. The van der Waals surface area contributed by atoms with Crippen LogP contribution in [0.5, 0.6) is 11.5 Å². The molecule has 7 nitrogen and oxygen atoms in total. The summed E-state index contributed by atoms with van der Waals surface area (Å²) in [5.41, 5.74) is 6.59. The van der Waals surface area contributed by atoms with Gasteiger partial charge in [-0.05, 0) is 24.1 Å². The fraction of sp³-hybridized carbons (Fsp3) is 0.429. The number of anilines is 1. The van der Waals surface area contributed by atoms with Crippen molar-refractivity contribution in [1.82, 2.24) is 10.2 Å². The van der Waals surface area contributed by atoms with Crippen molar-refractivity contribution < 1.29 is 13.9 Å². The molecule has 1 aromatic heterocycles. The lowest BCUT2D eigenvalue weighted by Gasteiger charge is -2.18. The summed E-state index contributed by atoms with van der Waals surface area (Å²) in [5.74, 6) is 2.17. The van der Waals surface area contributed by atoms with Gasteiger partial charge in [0.05, 0.1) is 0 Å². The molecule has 0 spiro atoms. The van der Waals surface area contributed by atoms with Crippen LogP contribution < -0.4 is 20.5 Å². The molecule has 2 heterocycles. The molecule has 1 aromatic carbocycles. The summed E-state index contributed by atoms with van der Waals surface area (Å²) in [6.07, 6.45) is 1.42. The lowest BCUT2D eigenvalue weighted by molar-refractivity contribution is 0.171. The summed E-state index contributed by atoms with van der Waals surface area (Å²) in [5, 5.41) is 10.9. The Morgan fingerprint density at radius 2 is 1.95 bits per heavy atom. The van der Waals surface area contributed by atoms with Crippen molar-refractivity contribution in [3.05, 3.63) is 29.7 Å². The van der Waals surface area contributed by atoms with Crippen molar-refractivity contribution in [1.29, 1.82) is 0 Å². The van der Waals surface area contributed by atoms with Crippen molar-refractivity contribution in [2.45, 2.75) is 12.8 Å². The number of hydrogen-bond acceptors (Lipinski definition) is 7. The SMILES string of the molecule is NCCc1nnc(NCCc2ccc3c(c2)OCCO3)o1. The minimum Gasteiger partial charge on any atom is -0.486 e. The van der Waals surface area contributed by atoms with E-state index >= 15 is 0 Å². The maximum atomic E-state index is 5.56. The molecular formula is C14H18N4O3. The molecule has 1 aliphatic rings. The number of fused-ring (bicyclic) bond motifs is 1. The summed E-state index contributed by atoms with van der Waals surface area (Å²) in [4.78, 5) is 0. The molecule has 0 radical (unpaired) electrons. The monoisotopic (exact) mass is 290 g/mol. The minimum atomic E-state index is 0.427. The molecule has 0 amide bonds. The summed E-state index contributed by atoms with van der Waals surface area (Å²) in [7, 11) is 0. The Balaban J connectivity index is 1.52. The van der Waals surface area contributed by atoms with Crippen LogP contribution in [0.1, 0.15) is 11.5 Å². The van der Waals surface area contributed by atoms with E-state index in [4.69, 9.17) is 19.6 Å². The molecule has 112 valence electrons. The summed E-state index contributed by atoms with van der Waals surface area (Å²) >= 11 is 0. The third kappa shape index (κ3) is 3.43. The second-order valence-corrected chi connectivity index (χ2v) is 4.69. The summed E-state index contributed by atoms with van der Waals surface area (Å²) in [6, 6.07) is 6.40. The van der Waals surface area contributed by atoms with E-state index in [9.17, 15) is 0 Å². The first-order chi connectivity index (χ1) is 10.3. The highest BCUT2D eigenvalue weighted by molar-refractivity contribution is 5.44. The van der Waals surface area contributed by atoms with Gasteiger partial charge < -0.3 is 24.9 Å². The third-order valence-electron chi connectivity index (χ3n) is 3.12. The van der Waals surface area contributed by atoms with Crippen LogP contribution in [0.15, 0.2) is 22.6 Å². The first-order valence-corrected chi connectivity index (χ1v) is 7.00. The fourth-order valence-corrected chi connectivity index (χ4v) is 2.11. The van der Waals surface area contributed by atoms with Crippen molar-refractivity contribution in [3.8, 4) is 11.5 Å². The molecular weight excluding hydrogens is 272 g/mol. The van der Waals surface area contributed by atoms with Gasteiger partial charge in [0.25, 0.3) is 0 Å². The zero-order valence-corrected chi connectivity index (χ0v) is 11.7. The van der Waals surface area contributed by atoms with Crippen LogP contribution in [0.3, 0.4) is 0 Å². The Bertz CT molecular complexity index is 600. The van der Waals surface area contributed by atoms with Gasteiger partial charge >= 0.3 is 6.01 Å². The van der Waals surface area contributed by atoms with E-state index in [1.54, 1.807) is 0 Å². The van der Waals surface area contributed by atoms with Crippen molar-refractivity contribution in [2.75, 3.05) is 31.6 Å². The number of hydrogen-bond donors (Lipinski definition) is 2. The fourth-order valence-electron chi connectivity index (χ4n) is 2.11. The van der Waals surface area contributed by atoms with Crippen LogP contribution in [0.2, 0.25) is 0 Å². The van der Waals surface area contributed by atoms with Gasteiger partial charge in [-0.2, -0.15) is 0 Å². The Hall–Kier alpha value is -2.28. The Morgan fingerprint density at radius 1 is 1.10 bits per heavy atom. The predicted octanol–water partition coefficient (Wildman–Crippen LogP) is 0.997. The molecule has 3 rings (SSSR count). The number of rotatable bonds is 6. The van der Waals surface area contributed by atoms with E-state index < -0.39 is 0 Å². The van der Waals surface area contributed by atoms with Gasteiger partial charge in [-0.3, -0.25) is 0 Å². The number of benzene rings is 1. The first-order valence-electron chi connectivity index (χ1n) is 7.00. The minimum absolute atomic E-state index is 0.427. The second kappa shape index (κ2) is 6.45. The standard InChI is InChI=1S/C14H18N4O3/c15-5-3-13-17-18-14(21-13)16-6-4-10-1-2-11-12(9-10)20-8-7-19-11/h1-2,9H,3-8,15H2,(H,16,18). The molecule has 21 heavy (non-hydrogen) atoms. The average molecular weight is 290 g/mol. The normalized spacial score (nSPS) is 13.2. The van der Waals surface area contributed by atoms with Crippen LogP contribution in [-0.2, 0) is 12.8 Å². The van der Waals surface area contributed by atoms with Gasteiger partial charge in [0, 0.05) is 19.5 Å².